The van der Waals surface area contributed by atoms with Gasteiger partial charge in [0.05, 0.1) is 11.3 Å². The summed E-state index contributed by atoms with van der Waals surface area (Å²) in [5.41, 5.74) is 1.43. The zero-order valence-electron chi connectivity index (χ0n) is 12.6. The summed E-state index contributed by atoms with van der Waals surface area (Å²) in [6.45, 7) is 1.89. The molecule has 0 bridgehead atoms. The molecule has 0 radical (unpaired) electrons. The third-order valence-electron chi connectivity index (χ3n) is 2.91. The van der Waals surface area contributed by atoms with Crippen molar-refractivity contribution >= 4 is 17.5 Å². The van der Waals surface area contributed by atoms with Crippen LogP contribution in [0, 0.1) is 6.92 Å². The molecule has 2 heterocycles. The summed E-state index contributed by atoms with van der Waals surface area (Å²) in [5, 5.41) is 5.21. The highest BCUT2D eigenvalue weighted by Gasteiger charge is 2.20. The van der Waals surface area contributed by atoms with Crippen molar-refractivity contribution in [2.75, 3.05) is 20.4 Å². The normalized spacial score (nSPS) is 11.0. The molecule has 0 saturated carbocycles. The van der Waals surface area contributed by atoms with Gasteiger partial charge in [0.15, 0.2) is 11.6 Å². The van der Waals surface area contributed by atoms with Crippen molar-refractivity contribution in [2.24, 2.45) is 0 Å². The van der Waals surface area contributed by atoms with Gasteiger partial charge in [-0.15, -0.1) is 11.8 Å². The van der Waals surface area contributed by atoms with Crippen LogP contribution in [0.3, 0.4) is 0 Å². The second kappa shape index (κ2) is 6.58. The number of rotatable bonds is 5. The maximum absolute atomic E-state index is 12.4. The Morgan fingerprint density at radius 3 is 2.71 bits per heavy atom. The third-order valence-corrected chi connectivity index (χ3v) is 3.59. The summed E-state index contributed by atoms with van der Waals surface area (Å²) in [6, 6.07) is 5.62. The first-order valence-corrected chi connectivity index (χ1v) is 7.71. The van der Waals surface area contributed by atoms with E-state index in [2.05, 4.69) is 10.1 Å². The minimum Gasteiger partial charge on any atom is -0.383 e. The van der Waals surface area contributed by atoms with Gasteiger partial charge >= 0.3 is 0 Å². The SMILES string of the molecule is CSc1nn(-c2ccccn2)c(C)c1C(=O)/C=C/N(C)C. The van der Waals surface area contributed by atoms with Gasteiger partial charge in [-0.3, -0.25) is 4.79 Å². The Bertz CT molecular complexity index is 662. The van der Waals surface area contributed by atoms with E-state index >= 15 is 0 Å². The van der Waals surface area contributed by atoms with E-state index in [9.17, 15) is 4.79 Å². The maximum atomic E-state index is 12.4. The molecule has 5 nitrogen and oxygen atoms in total. The predicted molar refractivity (Wildman–Crippen MR) is 85.0 cm³/mol. The zero-order chi connectivity index (χ0) is 15.4. The molecule has 2 aromatic rings. The Kier molecular flexibility index (Phi) is 4.80. The van der Waals surface area contributed by atoms with Gasteiger partial charge in [-0.05, 0) is 25.3 Å². The first kappa shape index (κ1) is 15.3. The highest BCUT2D eigenvalue weighted by Crippen LogP contribution is 2.25. The summed E-state index contributed by atoms with van der Waals surface area (Å²) in [4.78, 5) is 18.5. The number of allylic oxidation sites excluding steroid dienone is 1. The van der Waals surface area contributed by atoms with Gasteiger partial charge in [0, 0.05) is 32.6 Å². The lowest BCUT2D eigenvalue weighted by molar-refractivity contribution is 0.104. The molecule has 0 amide bonds. The quantitative estimate of drug-likeness (QED) is 0.483. The summed E-state index contributed by atoms with van der Waals surface area (Å²) >= 11 is 1.46. The van der Waals surface area contributed by atoms with Crippen LogP contribution in [0.4, 0.5) is 0 Å². The fraction of sp³-hybridized carbons (Fsp3) is 0.267. The average molecular weight is 302 g/mol. The standard InChI is InChI=1S/C15H18N4OS/c1-11-14(12(20)8-10-18(2)3)15(21-4)17-19(11)13-7-5-6-9-16-13/h5-10H,1-4H3/b10-8+. The van der Waals surface area contributed by atoms with Crippen molar-refractivity contribution in [3.63, 3.8) is 0 Å². The molecule has 0 spiro atoms. The van der Waals surface area contributed by atoms with Gasteiger partial charge in [0.25, 0.3) is 0 Å². The Hall–Kier alpha value is -2.08. The average Bonchev–Trinajstić information content (AvgIpc) is 2.82. The third kappa shape index (κ3) is 3.33. The van der Waals surface area contributed by atoms with Crippen molar-refractivity contribution in [3.8, 4) is 5.82 Å². The molecular weight excluding hydrogens is 284 g/mol. The van der Waals surface area contributed by atoms with Gasteiger partial charge in [-0.25, -0.2) is 9.67 Å². The fourth-order valence-corrected chi connectivity index (χ4v) is 2.52. The molecule has 0 N–H and O–H groups in total. The van der Waals surface area contributed by atoms with E-state index in [-0.39, 0.29) is 5.78 Å². The van der Waals surface area contributed by atoms with E-state index < -0.39 is 0 Å². The topological polar surface area (TPSA) is 51.0 Å². The van der Waals surface area contributed by atoms with Gasteiger partial charge in [-0.2, -0.15) is 5.10 Å². The van der Waals surface area contributed by atoms with Crippen LogP contribution in [0.2, 0.25) is 0 Å². The number of carbonyl (C=O) groups excluding carboxylic acids is 1. The minimum atomic E-state index is -0.0484. The Morgan fingerprint density at radius 1 is 1.38 bits per heavy atom. The molecule has 0 aliphatic carbocycles. The number of pyridine rings is 1. The molecule has 2 aromatic heterocycles. The Morgan fingerprint density at radius 2 is 2.14 bits per heavy atom. The van der Waals surface area contributed by atoms with Crippen LogP contribution < -0.4 is 0 Å². The van der Waals surface area contributed by atoms with Gasteiger partial charge in [-0.1, -0.05) is 6.07 Å². The monoisotopic (exact) mass is 302 g/mol. The summed E-state index contributed by atoms with van der Waals surface area (Å²) in [5.74, 6) is 0.661. The molecule has 2 rings (SSSR count). The van der Waals surface area contributed by atoms with Crippen LogP contribution in [-0.2, 0) is 0 Å². The number of thioether (sulfide) groups is 1. The van der Waals surface area contributed by atoms with Crippen LogP contribution in [0.15, 0.2) is 41.7 Å². The molecule has 0 aliphatic rings. The second-order valence-corrected chi connectivity index (χ2v) is 5.51. The zero-order valence-corrected chi connectivity index (χ0v) is 13.4. The number of ketones is 1. The first-order valence-electron chi connectivity index (χ1n) is 6.48. The van der Waals surface area contributed by atoms with Gasteiger partial charge in [0.1, 0.15) is 5.03 Å². The van der Waals surface area contributed by atoms with E-state index in [1.54, 1.807) is 23.2 Å². The van der Waals surface area contributed by atoms with Crippen molar-refractivity contribution in [2.45, 2.75) is 11.9 Å². The largest absolute Gasteiger partial charge is 0.383 e. The number of nitrogens with zero attached hydrogens (tertiary/aromatic N) is 4. The summed E-state index contributed by atoms with van der Waals surface area (Å²) in [7, 11) is 3.76. The molecular formula is C15H18N4OS. The lowest BCUT2D eigenvalue weighted by Crippen LogP contribution is -2.05. The van der Waals surface area contributed by atoms with Crippen LogP contribution in [0.25, 0.3) is 5.82 Å². The Balaban J connectivity index is 2.47. The fourth-order valence-electron chi connectivity index (χ4n) is 1.91. The number of hydrogen-bond acceptors (Lipinski definition) is 5. The number of carbonyl (C=O) groups is 1. The maximum Gasteiger partial charge on any atom is 0.191 e. The van der Waals surface area contributed by atoms with Gasteiger partial charge < -0.3 is 4.90 Å². The molecule has 0 saturated heterocycles. The van der Waals surface area contributed by atoms with E-state index in [1.807, 2.05) is 50.4 Å². The summed E-state index contributed by atoms with van der Waals surface area (Å²) < 4.78 is 1.71. The molecule has 0 unspecified atom stereocenters. The molecule has 0 fully saturated rings. The minimum absolute atomic E-state index is 0.0484. The van der Waals surface area contributed by atoms with Crippen molar-refractivity contribution in [1.29, 1.82) is 0 Å². The van der Waals surface area contributed by atoms with Crippen LogP contribution in [0.5, 0.6) is 0 Å². The number of aromatic nitrogens is 3. The highest BCUT2D eigenvalue weighted by molar-refractivity contribution is 7.98. The molecule has 6 heteroatoms. The van der Waals surface area contributed by atoms with E-state index in [0.717, 1.165) is 5.69 Å². The van der Waals surface area contributed by atoms with Crippen LogP contribution in [-0.4, -0.2) is 45.8 Å². The first-order chi connectivity index (χ1) is 10.0. The molecule has 21 heavy (non-hydrogen) atoms. The van der Waals surface area contributed by atoms with E-state index in [4.69, 9.17) is 0 Å². The van der Waals surface area contributed by atoms with E-state index in [1.165, 1.54) is 11.8 Å². The predicted octanol–water partition coefficient (Wildman–Crippen LogP) is 2.56. The lowest BCUT2D eigenvalue weighted by atomic mass is 10.1. The van der Waals surface area contributed by atoms with Crippen molar-refractivity contribution in [3.05, 3.63) is 47.9 Å². The van der Waals surface area contributed by atoms with Crippen molar-refractivity contribution in [1.82, 2.24) is 19.7 Å². The van der Waals surface area contributed by atoms with Crippen molar-refractivity contribution < 1.29 is 4.79 Å². The summed E-state index contributed by atoms with van der Waals surface area (Å²) in [6.07, 6.45) is 6.93. The molecule has 0 atom stereocenters. The lowest BCUT2D eigenvalue weighted by Gasteiger charge is -2.04. The van der Waals surface area contributed by atoms with E-state index in [0.29, 0.717) is 16.4 Å². The van der Waals surface area contributed by atoms with Gasteiger partial charge in [0.2, 0.25) is 0 Å². The second-order valence-electron chi connectivity index (χ2n) is 4.71. The van der Waals surface area contributed by atoms with Crippen LogP contribution in [0.1, 0.15) is 16.1 Å². The highest BCUT2D eigenvalue weighted by atomic mass is 32.2. The molecule has 0 aliphatic heterocycles. The van der Waals surface area contributed by atoms with Crippen LogP contribution >= 0.6 is 11.8 Å². The molecule has 0 aromatic carbocycles. The smallest absolute Gasteiger partial charge is 0.191 e. The number of hydrogen-bond donors (Lipinski definition) is 0. The Labute approximate surface area is 128 Å². The molecule has 110 valence electrons.